The Morgan fingerprint density at radius 2 is 1.91 bits per heavy atom. The Hall–Kier alpha value is -1.79. The Bertz CT molecular complexity index is 852. The summed E-state index contributed by atoms with van der Waals surface area (Å²) in [4.78, 5) is 10.9. The van der Waals surface area contributed by atoms with Crippen molar-refractivity contribution in [3.05, 3.63) is 51.1 Å². The first-order chi connectivity index (χ1) is 10.6. The van der Waals surface area contributed by atoms with Gasteiger partial charge in [-0.05, 0) is 44.0 Å². The van der Waals surface area contributed by atoms with Crippen molar-refractivity contribution < 1.29 is 0 Å². The zero-order valence-corrected chi connectivity index (χ0v) is 14.9. The van der Waals surface area contributed by atoms with E-state index < -0.39 is 0 Å². The minimum atomic E-state index is 0.753. The van der Waals surface area contributed by atoms with E-state index in [1.165, 1.54) is 10.4 Å². The van der Waals surface area contributed by atoms with Crippen molar-refractivity contribution in [2.24, 2.45) is 5.10 Å². The van der Waals surface area contributed by atoms with E-state index in [2.05, 4.69) is 50.3 Å². The van der Waals surface area contributed by atoms with Crippen LogP contribution >= 0.6 is 27.3 Å². The zero-order chi connectivity index (χ0) is 15.7. The fourth-order valence-electron chi connectivity index (χ4n) is 2.16. The first-order valence-electron chi connectivity index (χ1n) is 6.83. The van der Waals surface area contributed by atoms with Crippen LogP contribution in [0.3, 0.4) is 0 Å². The number of benzene rings is 1. The predicted molar refractivity (Wildman–Crippen MR) is 96.9 cm³/mol. The molecule has 0 aliphatic rings. The number of hydrogen-bond acceptors (Lipinski definition) is 5. The van der Waals surface area contributed by atoms with Gasteiger partial charge in [0.2, 0.25) is 0 Å². The molecule has 0 unspecified atom stereocenters. The van der Waals surface area contributed by atoms with Crippen molar-refractivity contribution in [3.63, 3.8) is 0 Å². The zero-order valence-electron chi connectivity index (χ0n) is 12.5. The van der Waals surface area contributed by atoms with E-state index in [0.717, 1.165) is 31.8 Å². The summed E-state index contributed by atoms with van der Waals surface area (Å²) in [7, 11) is 0. The average Bonchev–Trinajstić information content (AvgIpc) is 2.81. The van der Waals surface area contributed by atoms with Gasteiger partial charge < -0.3 is 0 Å². The largest absolute Gasteiger partial charge is 0.260 e. The third-order valence-corrected chi connectivity index (χ3v) is 5.20. The molecule has 0 amide bonds. The van der Waals surface area contributed by atoms with E-state index in [4.69, 9.17) is 0 Å². The maximum Gasteiger partial charge on any atom is 0.158 e. The van der Waals surface area contributed by atoms with Gasteiger partial charge in [-0.25, -0.2) is 9.97 Å². The number of nitrogens with zero attached hydrogens (tertiary/aromatic N) is 3. The van der Waals surface area contributed by atoms with Gasteiger partial charge in [-0.15, -0.1) is 11.3 Å². The van der Waals surface area contributed by atoms with Crippen LogP contribution in [0.25, 0.3) is 10.2 Å². The molecule has 1 N–H and O–H groups in total. The molecule has 0 aliphatic carbocycles. The monoisotopic (exact) mass is 374 g/mol. The number of thiophene rings is 1. The van der Waals surface area contributed by atoms with Crippen LogP contribution in [0.15, 0.2) is 40.2 Å². The molecule has 0 aliphatic heterocycles. The van der Waals surface area contributed by atoms with Gasteiger partial charge in [0.1, 0.15) is 11.2 Å². The van der Waals surface area contributed by atoms with Crippen molar-refractivity contribution in [2.75, 3.05) is 5.43 Å². The molecule has 0 fully saturated rings. The number of aryl methyl sites for hydroxylation is 2. The smallest absolute Gasteiger partial charge is 0.158 e. The molecular formula is C16H15BrN4S. The number of rotatable bonds is 3. The van der Waals surface area contributed by atoms with Crippen molar-refractivity contribution >= 4 is 49.0 Å². The van der Waals surface area contributed by atoms with E-state index in [1.807, 2.05) is 31.2 Å². The maximum atomic E-state index is 4.46. The summed E-state index contributed by atoms with van der Waals surface area (Å²) in [5.41, 5.74) is 6.27. The molecule has 0 saturated carbocycles. The second-order valence-corrected chi connectivity index (χ2v) is 7.12. The van der Waals surface area contributed by atoms with Crippen LogP contribution in [-0.2, 0) is 0 Å². The summed E-state index contributed by atoms with van der Waals surface area (Å²) in [6.07, 6.45) is 1.57. The van der Waals surface area contributed by atoms with Gasteiger partial charge in [0.25, 0.3) is 0 Å². The summed E-state index contributed by atoms with van der Waals surface area (Å²) >= 11 is 5.12. The van der Waals surface area contributed by atoms with E-state index in [-0.39, 0.29) is 0 Å². The highest BCUT2D eigenvalue weighted by Gasteiger charge is 2.11. The standard InChI is InChI=1S/C16H15BrN4S/c1-9-11(3)22-16-14(9)15(18-8-19-16)21-20-10(2)12-4-6-13(17)7-5-12/h4-8H,1-3H3,(H,18,19,21)/b20-10+. The third kappa shape index (κ3) is 2.89. The van der Waals surface area contributed by atoms with E-state index in [0.29, 0.717) is 0 Å². The maximum absolute atomic E-state index is 4.46. The van der Waals surface area contributed by atoms with Gasteiger partial charge in [0.05, 0.1) is 11.1 Å². The molecule has 2 heterocycles. The predicted octanol–water partition coefficient (Wildman–Crippen LogP) is 4.91. The van der Waals surface area contributed by atoms with Crippen molar-refractivity contribution in [1.82, 2.24) is 9.97 Å². The lowest BCUT2D eigenvalue weighted by atomic mass is 10.1. The number of nitrogens with one attached hydrogen (secondary N) is 1. The number of hydrazone groups is 1. The van der Waals surface area contributed by atoms with Gasteiger partial charge in [-0.2, -0.15) is 5.10 Å². The minimum absolute atomic E-state index is 0.753. The molecule has 4 nitrogen and oxygen atoms in total. The molecule has 0 radical (unpaired) electrons. The molecule has 3 aromatic rings. The Morgan fingerprint density at radius 1 is 1.18 bits per heavy atom. The van der Waals surface area contributed by atoms with E-state index in [9.17, 15) is 0 Å². The number of hydrogen-bond donors (Lipinski definition) is 1. The second-order valence-electron chi connectivity index (χ2n) is 5.00. The van der Waals surface area contributed by atoms with Crippen LogP contribution in [0.2, 0.25) is 0 Å². The fraction of sp³-hybridized carbons (Fsp3) is 0.188. The van der Waals surface area contributed by atoms with Gasteiger partial charge in [-0.1, -0.05) is 28.1 Å². The van der Waals surface area contributed by atoms with Crippen molar-refractivity contribution in [2.45, 2.75) is 20.8 Å². The lowest BCUT2D eigenvalue weighted by Crippen LogP contribution is -2.01. The normalized spacial score (nSPS) is 11.9. The summed E-state index contributed by atoms with van der Waals surface area (Å²) in [6.45, 7) is 6.16. The SMILES string of the molecule is C/C(=N\Nc1ncnc2sc(C)c(C)c12)c1ccc(Br)cc1. The van der Waals surface area contributed by atoms with Crippen LogP contribution < -0.4 is 5.43 Å². The molecule has 0 saturated heterocycles. The first-order valence-corrected chi connectivity index (χ1v) is 8.44. The van der Waals surface area contributed by atoms with Gasteiger partial charge in [0.15, 0.2) is 5.82 Å². The summed E-state index contributed by atoms with van der Waals surface area (Å²) in [5.74, 6) is 0.753. The second kappa shape index (κ2) is 6.14. The highest BCUT2D eigenvalue weighted by Crippen LogP contribution is 2.32. The molecule has 112 valence electrons. The van der Waals surface area contributed by atoms with Crippen molar-refractivity contribution in [1.29, 1.82) is 0 Å². The van der Waals surface area contributed by atoms with Crippen molar-refractivity contribution in [3.8, 4) is 0 Å². The molecule has 1 aromatic carbocycles. The quantitative estimate of drug-likeness (QED) is 0.523. The first kappa shape index (κ1) is 15.1. The van der Waals surface area contributed by atoms with Gasteiger partial charge in [0, 0.05) is 9.35 Å². The Morgan fingerprint density at radius 3 is 2.64 bits per heavy atom. The van der Waals surface area contributed by atoms with Crippen LogP contribution in [-0.4, -0.2) is 15.7 Å². The van der Waals surface area contributed by atoms with E-state index in [1.54, 1.807) is 17.7 Å². The Kier molecular flexibility index (Phi) is 4.22. The van der Waals surface area contributed by atoms with Crippen LogP contribution in [0.1, 0.15) is 22.9 Å². The summed E-state index contributed by atoms with van der Waals surface area (Å²) in [6, 6.07) is 8.06. The lowest BCUT2D eigenvalue weighted by Gasteiger charge is -2.05. The molecule has 0 bridgehead atoms. The molecule has 3 rings (SSSR count). The van der Waals surface area contributed by atoms with Crippen LogP contribution in [0.5, 0.6) is 0 Å². The molecule has 0 atom stereocenters. The molecule has 22 heavy (non-hydrogen) atoms. The topological polar surface area (TPSA) is 50.2 Å². The number of fused-ring (bicyclic) bond motifs is 1. The lowest BCUT2D eigenvalue weighted by molar-refractivity contribution is 1.18. The highest BCUT2D eigenvalue weighted by atomic mass is 79.9. The minimum Gasteiger partial charge on any atom is -0.260 e. The molecule has 6 heteroatoms. The van der Waals surface area contributed by atoms with E-state index >= 15 is 0 Å². The number of anilines is 1. The molecule has 2 aromatic heterocycles. The summed E-state index contributed by atoms with van der Waals surface area (Å²) in [5, 5.41) is 5.51. The third-order valence-electron chi connectivity index (χ3n) is 3.56. The van der Waals surface area contributed by atoms with Gasteiger partial charge in [-0.3, -0.25) is 5.43 Å². The summed E-state index contributed by atoms with van der Waals surface area (Å²) < 4.78 is 1.05. The van der Waals surface area contributed by atoms with Gasteiger partial charge >= 0.3 is 0 Å². The highest BCUT2D eigenvalue weighted by molar-refractivity contribution is 9.10. The fourth-order valence-corrected chi connectivity index (χ4v) is 3.42. The Labute approximate surface area is 141 Å². The average molecular weight is 375 g/mol. The van der Waals surface area contributed by atoms with Crippen LogP contribution in [0.4, 0.5) is 5.82 Å². The Balaban J connectivity index is 1.93. The van der Waals surface area contributed by atoms with Crippen LogP contribution in [0, 0.1) is 13.8 Å². The number of aromatic nitrogens is 2. The molecular weight excluding hydrogens is 360 g/mol. The number of halogens is 1. The molecule has 0 spiro atoms.